The highest BCUT2D eigenvalue weighted by Crippen LogP contribution is 2.38. The summed E-state index contributed by atoms with van der Waals surface area (Å²) in [6.45, 7) is 4.19. The SMILES string of the molecule is O=C(N1CCN(S(=O)(=O)c2ccc3c(c2)OCCO3)CC1)N1C[C@H]2C[C@H](C1)[C@H]1CCCC(=O)N1C2. The molecule has 3 amide bonds. The van der Waals surface area contributed by atoms with Gasteiger partial charge in [-0.3, -0.25) is 4.79 Å². The first-order valence-electron chi connectivity index (χ1n) is 12.6. The Morgan fingerprint density at radius 1 is 0.943 bits per heavy atom. The Morgan fingerprint density at radius 2 is 1.71 bits per heavy atom. The summed E-state index contributed by atoms with van der Waals surface area (Å²) in [5.74, 6) is 1.93. The summed E-state index contributed by atoms with van der Waals surface area (Å²) in [5, 5.41) is 0. The molecular formula is C24H32N4O6S. The third-order valence-corrected chi connectivity index (χ3v) is 10.0. The van der Waals surface area contributed by atoms with E-state index in [1.165, 1.54) is 10.4 Å². The van der Waals surface area contributed by atoms with Gasteiger partial charge in [0.1, 0.15) is 13.2 Å². The van der Waals surface area contributed by atoms with Crippen molar-refractivity contribution in [1.29, 1.82) is 0 Å². The molecule has 4 fully saturated rings. The van der Waals surface area contributed by atoms with E-state index in [9.17, 15) is 18.0 Å². The van der Waals surface area contributed by atoms with E-state index < -0.39 is 10.0 Å². The van der Waals surface area contributed by atoms with Crippen molar-refractivity contribution in [3.63, 3.8) is 0 Å². The number of ether oxygens (including phenoxy) is 2. The molecule has 0 aromatic heterocycles. The van der Waals surface area contributed by atoms with Crippen molar-refractivity contribution in [3.05, 3.63) is 18.2 Å². The Kier molecular flexibility index (Phi) is 5.79. The molecule has 0 aliphatic carbocycles. The van der Waals surface area contributed by atoms with Crippen molar-refractivity contribution in [1.82, 2.24) is 19.0 Å². The highest BCUT2D eigenvalue weighted by atomic mass is 32.2. The summed E-state index contributed by atoms with van der Waals surface area (Å²) < 4.78 is 38.9. The number of carbonyl (C=O) groups excluding carboxylic acids is 2. The second-order valence-corrected chi connectivity index (χ2v) is 12.2. The highest BCUT2D eigenvalue weighted by Gasteiger charge is 2.45. The average molecular weight is 505 g/mol. The number of rotatable bonds is 2. The fourth-order valence-electron chi connectivity index (χ4n) is 6.42. The van der Waals surface area contributed by atoms with Crippen LogP contribution in [-0.4, -0.2) is 104 Å². The lowest BCUT2D eigenvalue weighted by Gasteiger charge is -2.53. The number of sulfonamides is 1. The largest absolute Gasteiger partial charge is 0.486 e. The number of urea groups is 1. The minimum atomic E-state index is -3.69. The molecule has 1 aromatic rings. The van der Waals surface area contributed by atoms with Crippen molar-refractivity contribution in [3.8, 4) is 11.5 Å². The Hall–Kier alpha value is -2.53. The second kappa shape index (κ2) is 8.85. The summed E-state index contributed by atoms with van der Waals surface area (Å²) in [7, 11) is -3.69. The molecule has 0 N–H and O–H groups in total. The summed E-state index contributed by atoms with van der Waals surface area (Å²) in [5.41, 5.74) is 0. The van der Waals surface area contributed by atoms with Crippen LogP contribution >= 0.6 is 0 Å². The molecule has 11 heteroatoms. The molecule has 5 aliphatic heterocycles. The number of amides is 3. The Balaban J connectivity index is 1.09. The van der Waals surface area contributed by atoms with E-state index in [0.29, 0.717) is 69.1 Å². The van der Waals surface area contributed by atoms with Crippen molar-refractivity contribution < 1.29 is 27.5 Å². The van der Waals surface area contributed by atoms with Crippen LogP contribution in [0.3, 0.4) is 0 Å². The van der Waals surface area contributed by atoms with E-state index in [-0.39, 0.29) is 36.0 Å². The van der Waals surface area contributed by atoms with Crippen molar-refractivity contribution in [2.45, 2.75) is 36.6 Å². The molecule has 35 heavy (non-hydrogen) atoms. The quantitative estimate of drug-likeness (QED) is 0.601. The Bertz CT molecular complexity index is 1120. The van der Waals surface area contributed by atoms with E-state index in [1.807, 2.05) is 4.90 Å². The lowest BCUT2D eigenvalue weighted by atomic mass is 9.76. The van der Waals surface area contributed by atoms with Crippen LogP contribution in [0.5, 0.6) is 11.5 Å². The number of fused-ring (bicyclic) bond motifs is 5. The number of benzene rings is 1. The normalized spacial score (nSPS) is 29.1. The molecule has 4 saturated heterocycles. The van der Waals surface area contributed by atoms with E-state index in [4.69, 9.17) is 9.47 Å². The van der Waals surface area contributed by atoms with Crippen LogP contribution in [-0.2, 0) is 14.8 Å². The monoisotopic (exact) mass is 504 g/mol. The van der Waals surface area contributed by atoms with Gasteiger partial charge in [0.15, 0.2) is 11.5 Å². The van der Waals surface area contributed by atoms with Crippen LogP contribution < -0.4 is 9.47 Å². The Labute approximate surface area is 205 Å². The van der Waals surface area contributed by atoms with E-state index in [0.717, 1.165) is 25.8 Å². The molecule has 0 saturated carbocycles. The lowest BCUT2D eigenvalue weighted by molar-refractivity contribution is -0.144. The van der Waals surface area contributed by atoms with Gasteiger partial charge in [-0.15, -0.1) is 0 Å². The van der Waals surface area contributed by atoms with Crippen molar-refractivity contribution in [2.24, 2.45) is 11.8 Å². The molecule has 2 bridgehead atoms. The zero-order valence-electron chi connectivity index (χ0n) is 19.8. The topological polar surface area (TPSA) is 99.7 Å². The van der Waals surface area contributed by atoms with Gasteiger partial charge in [0.2, 0.25) is 15.9 Å². The van der Waals surface area contributed by atoms with Gasteiger partial charge in [0.05, 0.1) is 4.90 Å². The summed E-state index contributed by atoms with van der Waals surface area (Å²) in [6.07, 6.45) is 3.70. The van der Waals surface area contributed by atoms with Gasteiger partial charge in [0, 0.05) is 64.3 Å². The summed E-state index contributed by atoms with van der Waals surface area (Å²) in [6, 6.07) is 4.96. The minimum absolute atomic E-state index is 0.00772. The molecule has 1 aromatic carbocycles. The highest BCUT2D eigenvalue weighted by molar-refractivity contribution is 7.89. The second-order valence-electron chi connectivity index (χ2n) is 10.3. The zero-order chi connectivity index (χ0) is 24.2. The molecular weight excluding hydrogens is 472 g/mol. The summed E-state index contributed by atoms with van der Waals surface area (Å²) >= 11 is 0. The predicted molar refractivity (Wildman–Crippen MR) is 126 cm³/mol. The fourth-order valence-corrected chi connectivity index (χ4v) is 7.86. The van der Waals surface area contributed by atoms with Crippen LogP contribution in [0.2, 0.25) is 0 Å². The zero-order valence-corrected chi connectivity index (χ0v) is 20.6. The van der Waals surface area contributed by atoms with Crippen LogP contribution in [0, 0.1) is 11.8 Å². The number of piperidine rings is 3. The van der Waals surface area contributed by atoms with Gasteiger partial charge in [-0.25, -0.2) is 13.2 Å². The first kappa shape index (κ1) is 22.9. The molecule has 0 unspecified atom stereocenters. The number of piperazine rings is 1. The first-order chi connectivity index (χ1) is 16.9. The van der Waals surface area contributed by atoms with E-state index in [1.54, 1.807) is 17.0 Å². The molecule has 0 radical (unpaired) electrons. The Morgan fingerprint density at radius 3 is 2.51 bits per heavy atom. The smallest absolute Gasteiger partial charge is 0.320 e. The van der Waals surface area contributed by atoms with Crippen molar-refractivity contribution >= 4 is 22.0 Å². The molecule has 6 rings (SSSR count). The third-order valence-electron chi connectivity index (χ3n) is 8.11. The van der Waals surface area contributed by atoms with Crippen LogP contribution in [0.25, 0.3) is 0 Å². The van der Waals surface area contributed by atoms with E-state index in [2.05, 4.69) is 4.90 Å². The average Bonchev–Trinajstić information content (AvgIpc) is 2.88. The first-order valence-corrected chi connectivity index (χ1v) is 14.1. The maximum atomic E-state index is 13.4. The van der Waals surface area contributed by atoms with Crippen molar-refractivity contribution in [2.75, 3.05) is 59.0 Å². The maximum Gasteiger partial charge on any atom is 0.320 e. The molecule has 3 atom stereocenters. The molecule has 0 spiro atoms. The number of likely N-dealkylation sites (tertiary alicyclic amines) is 1. The van der Waals surface area contributed by atoms with Crippen LogP contribution in [0.1, 0.15) is 25.7 Å². The van der Waals surface area contributed by atoms with Gasteiger partial charge in [-0.2, -0.15) is 4.31 Å². The lowest BCUT2D eigenvalue weighted by Crippen LogP contribution is -2.63. The molecule has 190 valence electrons. The predicted octanol–water partition coefficient (Wildman–Crippen LogP) is 1.22. The molecule has 5 heterocycles. The maximum absolute atomic E-state index is 13.4. The molecule has 5 aliphatic rings. The number of hydrogen-bond acceptors (Lipinski definition) is 6. The standard InChI is InChI=1S/C24H32N4O6S/c29-23-3-1-2-20-18-12-17(15-28(20)23)14-26(16-18)24(30)25-6-8-27(9-7-25)35(31,32)19-4-5-21-22(13-19)34-11-10-33-21/h4-5,13,17-18,20H,1-3,6-12,14-16H2/t17-,18-,20-/m1/s1. The third kappa shape index (κ3) is 4.12. The fraction of sp³-hybridized carbons (Fsp3) is 0.667. The van der Waals surface area contributed by atoms with Crippen LogP contribution in [0.15, 0.2) is 23.1 Å². The summed E-state index contributed by atoms with van der Waals surface area (Å²) in [4.78, 5) is 31.7. The van der Waals surface area contributed by atoms with E-state index >= 15 is 0 Å². The minimum Gasteiger partial charge on any atom is -0.486 e. The number of hydrogen-bond donors (Lipinski definition) is 0. The number of carbonyl (C=O) groups is 2. The van der Waals surface area contributed by atoms with Gasteiger partial charge in [0.25, 0.3) is 0 Å². The van der Waals surface area contributed by atoms with Gasteiger partial charge < -0.3 is 24.2 Å². The van der Waals surface area contributed by atoms with Gasteiger partial charge in [-0.05, 0) is 43.2 Å². The van der Waals surface area contributed by atoms with Gasteiger partial charge >= 0.3 is 6.03 Å². The number of nitrogens with zero attached hydrogens (tertiary/aromatic N) is 4. The van der Waals surface area contributed by atoms with Gasteiger partial charge in [-0.1, -0.05) is 0 Å². The molecule has 10 nitrogen and oxygen atoms in total. The van der Waals surface area contributed by atoms with Crippen LogP contribution in [0.4, 0.5) is 4.79 Å².